The molecule has 6 nitrogen and oxygen atoms in total. The normalized spacial score (nSPS) is 21.1. The molecule has 1 N–H and O–H groups in total. The van der Waals surface area contributed by atoms with Gasteiger partial charge >= 0.3 is 0 Å². The Balaban J connectivity index is 1.21. The van der Waals surface area contributed by atoms with Gasteiger partial charge in [-0.2, -0.15) is 4.98 Å². The van der Waals surface area contributed by atoms with Crippen LogP contribution in [0.2, 0.25) is 0 Å². The molecule has 2 saturated heterocycles. The average molecular weight is 374 g/mol. The van der Waals surface area contributed by atoms with E-state index in [1.54, 1.807) is 12.1 Å². The van der Waals surface area contributed by atoms with Gasteiger partial charge in [0.25, 0.3) is 5.89 Å². The Bertz CT molecular complexity index is 752. The zero-order chi connectivity index (χ0) is 18.6. The molecule has 0 radical (unpaired) electrons. The van der Waals surface area contributed by atoms with E-state index in [2.05, 4.69) is 20.4 Å². The lowest BCUT2D eigenvalue weighted by molar-refractivity contribution is 0.0835. The van der Waals surface area contributed by atoms with Gasteiger partial charge in [0, 0.05) is 44.4 Å². The number of nitrogens with zero attached hydrogens (tertiary/aromatic N) is 3. The van der Waals surface area contributed by atoms with E-state index in [1.165, 1.54) is 0 Å². The van der Waals surface area contributed by atoms with Crippen LogP contribution in [0.3, 0.4) is 0 Å². The molecule has 2 aliphatic heterocycles. The number of hydrogen-bond acceptors (Lipinski definition) is 6. The molecule has 0 saturated carbocycles. The van der Waals surface area contributed by atoms with Crippen LogP contribution in [0.5, 0.6) is 0 Å². The molecule has 0 amide bonds. The van der Waals surface area contributed by atoms with Crippen molar-refractivity contribution in [3.05, 3.63) is 41.3 Å². The van der Waals surface area contributed by atoms with Gasteiger partial charge in [0.2, 0.25) is 0 Å². The highest BCUT2D eigenvalue weighted by Gasteiger charge is 2.24. The van der Waals surface area contributed by atoms with Gasteiger partial charge in [-0.05, 0) is 56.4 Å². The van der Waals surface area contributed by atoms with Crippen molar-refractivity contribution in [2.45, 2.75) is 51.2 Å². The summed E-state index contributed by atoms with van der Waals surface area (Å²) in [5, 5.41) is 7.67. The second-order valence-corrected chi connectivity index (χ2v) is 7.45. The van der Waals surface area contributed by atoms with E-state index in [1.807, 2.05) is 13.0 Å². The number of rotatable bonds is 6. The van der Waals surface area contributed by atoms with Crippen LogP contribution >= 0.6 is 0 Å². The molecule has 1 atom stereocenters. The summed E-state index contributed by atoms with van der Waals surface area (Å²) in [6.45, 7) is 5.55. The van der Waals surface area contributed by atoms with Crippen LogP contribution in [-0.2, 0) is 11.2 Å². The maximum absolute atomic E-state index is 13.3. The Kier molecular flexibility index (Phi) is 5.69. The molecule has 7 heteroatoms. The van der Waals surface area contributed by atoms with E-state index in [4.69, 9.17) is 9.26 Å². The Morgan fingerprint density at radius 1 is 1.26 bits per heavy atom. The number of halogens is 1. The fourth-order valence-corrected chi connectivity index (χ4v) is 3.96. The fourth-order valence-electron chi connectivity index (χ4n) is 3.96. The van der Waals surface area contributed by atoms with Gasteiger partial charge in [-0.3, -0.25) is 0 Å². The zero-order valence-electron chi connectivity index (χ0n) is 15.8. The molecule has 1 aromatic heterocycles. The highest BCUT2D eigenvalue weighted by molar-refractivity contribution is 5.53. The van der Waals surface area contributed by atoms with E-state index < -0.39 is 0 Å². The third kappa shape index (κ3) is 4.47. The molecule has 2 aromatic rings. The molecular formula is C20H27FN4O2. The largest absolute Gasteiger partial charge is 0.371 e. The molecule has 2 aliphatic rings. The van der Waals surface area contributed by atoms with Crippen molar-refractivity contribution in [2.24, 2.45) is 0 Å². The molecule has 27 heavy (non-hydrogen) atoms. The Morgan fingerprint density at radius 2 is 2.11 bits per heavy atom. The molecular weight excluding hydrogens is 347 g/mol. The van der Waals surface area contributed by atoms with E-state index >= 15 is 0 Å². The smallest absolute Gasteiger partial charge is 0.255 e. The highest BCUT2D eigenvalue weighted by atomic mass is 19.1. The first-order valence-electron chi connectivity index (χ1n) is 9.87. The third-order valence-corrected chi connectivity index (χ3v) is 5.47. The standard InChI is InChI=1S/C20H27FN4O2/c1-14-13-15(21)4-5-17(14)25-10-7-16(8-11-25)22-9-6-19-23-20(27-24-19)18-3-2-12-26-18/h4-5,13,16,18,22H,2-3,6-12H2,1H3. The maximum Gasteiger partial charge on any atom is 0.255 e. The van der Waals surface area contributed by atoms with Crippen LogP contribution in [0.4, 0.5) is 10.1 Å². The summed E-state index contributed by atoms with van der Waals surface area (Å²) in [5.74, 6) is 1.19. The Morgan fingerprint density at radius 3 is 2.85 bits per heavy atom. The van der Waals surface area contributed by atoms with Crippen LogP contribution in [0.25, 0.3) is 0 Å². The molecule has 4 rings (SSSR count). The van der Waals surface area contributed by atoms with Gasteiger partial charge in [-0.15, -0.1) is 0 Å². The van der Waals surface area contributed by atoms with Crippen molar-refractivity contribution >= 4 is 5.69 Å². The minimum atomic E-state index is -0.170. The number of anilines is 1. The predicted molar refractivity (Wildman–Crippen MR) is 100 cm³/mol. The molecule has 146 valence electrons. The lowest BCUT2D eigenvalue weighted by Crippen LogP contribution is -2.43. The quantitative estimate of drug-likeness (QED) is 0.838. The van der Waals surface area contributed by atoms with E-state index in [0.29, 0.717) is 11.9 Å². The molecule has 1 unspecified atom stereocenters. The fraction of sp³-hybridized carbons (Fsp3) is 0.600. The predicted octanol–water partition coefficient (Wildman–Crippen LogP) is 3.17. The van der Waals surface area contributed by atoms with Gasteiger partial charge in [-0.25, -0.2) is 4.39 Å². The van der Waals surface area contributed by atoms with Crippen molar-refractivity contribution in [1.29, 1.82) is 0 Å². The van der Waals surface area contributed by atoms with Crippen molar-refractivity contribution < 1.29 is 13.7 Å². The van der Waals surface area contributed by atoms with Crippen molar-refractivity contribution in [1.82, 2.24) is 15.5 Å². The van der Waals surface area contributed by atoms with Gasteiger partial charge in [0.1, 0.15) is 11.9 Å². The zero-order valence-corrected chi connectivity index (χ0v) is 15.8. The monoisotopic (exact) mass is 374 g/mol. The Labute approximate surface area is 159 Å². The summed E-state index contributed by atoms with van der Waals surface area (Å²) in [5.41, 5.74) is 2.14. The Hall–Kier alpha value is -1.99. The minimum absolute atomic E-state index is 0.0153. The first kappa shape index (κ1) is 18.4. The van der Waals surface area contributed by atoms with Crippen LogP contribution in [0.15, 0.2) is 22.7 Å². The third-order valence-electron chi connectivity index (χ3n) is 5.47. The number of hydrogen-bond donors (Lipinski definition) is 1. The maximum atomic E-state index is 13.3. The summed E-state index contributed by atoms with van der Waals surface area (Å²) in [6.07, 6.45) is 4.91. The van der Waals surface area contributed by atoms with E-state index in [9.17, 15) is 4.39 Å². The van der Waals surface area contributed by atoms with Crippen LogP contribution in [0.1, 0.15) is 49.1 Å². The van der Waals surface area contributed by atoms with Crippen LogP contribution < -0.4 is 10.2 Å². The van der Waals surface area contributed by atoms with E-state index in [0.717, 1.165) is 75.4 Å². The minimum Gasteiger partial charge on any atom is -0.371 e. The lowest BCUT2D eigenvalue weighted by Gasteiger charge is -2.35. The van der Waals surface area contributed by atoms with Gasteiger partial charge in [-0.1, -0.05) is 5.16 Å². The SMILES string of the molecule is Cc1cc(F)ccc1N1CCC(NCCc2noc(C3CCCO3)n2)CC1. The van der Waals surface area contributed by atoms with Crippen molar-refractivity contribution in [3.8, 4) is 0 Å². The summed E-state index contributed by atoms with van der Waals surface area (Å²) in [6, 6.07) is 5.53. The molecule has 0 bridgehead atoms. The molecule has 2 fully saturated rings. The van der Waals surface area contributed by atoms with Crippen molar-refractivity contribution in [2.75, 3.05) is 31.1 Å². The second kappa shape index (κ2) is 8.35. The number of nitrogens with one attached hydrogen (secondary N) is 1. The molecule has 3 heterocycles. The summed E-state index contributed by atoms with van der Waals surface area (Å²) >= 11 is 0. The summed E-state index contributed by atoms with van der Waals surface area (Å²) in [7, 11) is 0. The molecule has 1 aromatic carbocycles. The lowest BCUT2D eigenvalue weighted by atomic mass is 10.0. The summed E-state index contributed by atoms with van der Waals surface area (Å²) < 4.78 is 24.2. The van der Waals surface area contributed by atoms with E-state index in [-0.39, 0.29) is 11.9 Å². The second-order valence-electron chi connectivity index (χ2n) is 7.45. The average Bonchev–Trinajstić information content (AvgIpc) is 3.34. The van der Waals surface area contributed by atoms with Crippen molar-refractivity contribution in [3.63, 3.8) is 0 Å². The molecule has 0 aliphatic carbocycles. The van der Waals surface area contributed by atoms with Crippen LogP contribution in [-0.4, -0.2) is 42.4 Å². The topological polar surface area (TPSA) is 63.4 Å². The summed E-state index contributed by atoms with van der Waals surface area (Å²) in [4.78, 5) is 6.81. The number of benzene rings is 1. The number of aryl methyl sites for hydroxylation is 1. The number of piperidine rings is 1. The first-order chi connectivity index (χ1) is 13.2. The van der Waals surface area contributed by atoms with Gasteiger partial charge in [0.05, 0.1) is 0 Å². The number of ether oxygens (including phenoxy) is 1. The van der Waals surface area contributed by atoms with Gasteiger partial charge < -0.3 is 19.5 Å². The van der Waals surface area contributed by atoms with Crippen LogP contribution in [0, 0.1) is 12.7 Å². The number of aromatic nitrogens is 2. The molecule has 0 spiro atoms. The highest BCUT2D eigenvalue weighted by Crippen LogP contribution is 2.27. The van der Waals surface area contributed by atoms with Gasteiger partial charge in [0.15, 0.2) is 5.82 Å². The first-order valence-corrected chi connectivity index (χ1v) is 9.87.